The molecule has 0 aliphatic carbocycles. The lowest BCUT2D eigenvalue weighted by atomic mass is 10.3. The molecule has 3 nitrogen and oxygen atoms in total. The van der Waals surface area contributed by atoms with E-state index in [1.807, 2.05) is 0 Å². The highest BCUT2D eigenvalue weighted by atomic mass is 79.9. The van der Waals surface area contributed by atoms with Gasteiger partial charge in [0.1, 0.15) is 0 Å². The number of hydrogen-bond donors (Lipinski definition) is 1. The molecule has 0 aliphatic rings. The molecule has 0 fully saturated rings. The van der Waals surface area contributed by atoms with E-state index in [1.54, 1.807) is 0 Å². The Morgan fingerprint density at radius 2 is 1.71 bits per heavy atom. The Labute approximate surface area is 120 Å². The summed E-state index contributed by atoms with van der Waals surface area (Å²) in [6.07, 6.45) is 1.69. The van der Waals surface area contributed by atoms with E-state index in [0.29, 0.717) is 16.6 Å². The predicted molar refractivity (Wildman–Crippen MR) is 74.7 cm³/mol. The molecule has 0 amide bonds. The first-order chi connectivity index (χ1) is 7.95. The van der Waals surface area contributed by atoms with Crippen molar-refractivity contribution >= 4 is 49.2 Å². The number of nitrogens with one attached hydrogen (secondary N) is 1. The third-order valence-electron chi connectivity index (χ3n) is 2.00. The molecule has 1 N–H and O–H groups in total. The molecule has 0 bridgehead atoms. The first-order valence-electron chi connectivity index (χ1n) is 4.97. The summed E-state index contributed by atoms with van der Waals surface area (Å²) in [5.41, 5.74) is 0. The van der Waals surface area contributed by atoms with Crippen LogP contribution in [0, 0.1) is 0 Å². The number of hydrogen-bond acceptors (Lipinski definition) is 2. The summed E-state index contributed by atoms with van der Waals surface area (Å²) >= 11 is 14.8. The van der Waals surface area contributed by atoms with Crippen LogP contribution in [0.25, 0.3) is 0 Å². The number of unbranched alkanes of at least 4 members (excludes halogenated alkanes) is 1. The molecule has 7 heteroatoms. The second kappa shape index (κ2) is 6.95. The predicted octanol–water partition coefficient (Wildman–Crippen LogP) is 3.45. The van der Waals surface area contributed by atoms with Gasteiger partial charge >= 0.3 is 0 Å². The summed E-state index contributed by atoms with van der Waals surface area (Å²) in [6.45, 7) is 0.401. The number of alkyl halides is 1. The minimum Gasteiger partial charge on any atom is -0.211 e. The van der Waals surface area contributed by atoms with E-state index in [0.717, 1.165) is 18.2 Å². The van der Waals surface area contributed by atoms with Gasteiger partial charge in [0.2, 0.25) is 10.0 Å². The topological polar surface area (TPSA) is 46.2 Å². The fourth-order valence-corrected chi connectivity index (χ4v) is 3.39. The highest BCUT2D eigenvalue weighted by Gasteiger charge is 2.14. The molecule has 0 spiro atoms. The SMILES string of the molecule is O=S(=O)(NCCCCBr)c1cc(Cl)cc(Cl)c1. The maximum Gasteiger partial charge on any atom is 0.240 e. The van der Waals surface area contributed by atoms with Gasteiger partial charge in [0.25, 0.3) is 0 Å². The van der Waals surface area contributed by atoms with E-state index in [4.69, 9.17) is 23.2 Å². The van der Waals surface area contributed by atoms with Gasteiger partial charge in [0.15, 0.2) is 0 Å². The van der Waals surface area contributed by atoms with Crippen LogP contribution in [-0.4, -0.2) is 20.3 Å². The van der Waals surface area contributed by atoms with Gasteiger partial charge in [0.05, 0.1) is 4.90 Å². The molecule has 0 saturated carbocycles. The number of sulfonamides is 1. The summed E-state index contributed by atoms with van der Waals surface area (Å²) in [4.78, 5) is 0.0915. The monoisotopic (exact) mass is 359 g/mol. The fourth-order valence-electron chi connectivity index (χ4n) is 1.19. The summed E-state index contributed by atoms with van der Waals surface area (Å²) in [5, 5.41) is 1.47. The zero-order valence-corrected chi connectivity index (χ0v) is 12.8. The van der Waals surface area contributed by atoms with Gasteiger partial charge in [-0.3, -0.25) is 0 Å². The van der Waals surface area contributed by atoms with E-state index in [-0.39, 0.29) is 4.90 Å². The molecule has 0 saturated heterocycles. The van der Waals surface area contributed by atoms with Gasteiger partial charge in [-0.1, -0.05) is 39.1 Å². The summed E-state index contributed by atoms with van der Waals surface area (Å²) in [6, 6.07) is 4.24. The Morgan fingerprint density at radius 3 is 2.24 bits per heavy atom. The number of benzene rings is 1. The molecule has 1 aromatic carbocycles. The van der Waals surface area contributed by atoms with E-state index in [2.05, 4.69) is 20.7 Å². The van der Waals surface area contributed by atoms with Crippen molar-refractivity contribution in [2.24, 2.45) is 0 Å². The third-order valence-corrected chi connectivity index (χ3v) is 4.44. The lowest BCUT2D eigenvalue weighted by molar-refractivity contribution is 0.578. The van der Waals surface area contributed by atoms with Gasteiger partial charge < -0.3 is 0 Å². The van der Waals surface area contributed by atoms with Crippen molar-refractivity contribution in [2.75, 3.05) is 11.9 Å². The standard InChI is InChI=1S/C10H12BrCl2NO2S/c11-3-1-2-4-14-17(15,16)10-6-8(12)5-9(13)7-10/h5-7,14H,1-4H2. The summed E-state index contributed by atoms with van der Waals surface area (Å²) < 4.78 is 26.2. The average Bonchev–Trinajstić information content (AvgIpc) is 2.23. The van der Waals surface area contributed by atoms with Crippen LogP contribution in [0.4, 0.5) is 0 Å². The molecule has 1 aromatic rings. The molecule has 1 rings (SSSR count). The molecule has 0 radical (unpaired) electrons. The Kier molecular flexibility index (Phi) is 6.23. The van der Waals surface area contributed by atoms with E-state index in [1.165, 1.54) is 18.2 Å². The van der Waals surface area contributed by atoms with Gasteiger partial charge in [0, 0.05) is 21.9 Å². The summed E-state index contributed by atoms with van der Waals surface area (Å²) in [7, 11) is -3.52. The normalized spacial score (nSPS) is 11.7. The molecule has 0 aromatic heterocycles. The average molecular weight is 361 g/mol. The van der Waals surface area contributed by atoms with E-state index >= 15 is 0 Å². The Bertz CT molecular complexity index is 459. The fraction of sp³-hybridized carbons (Fsp3) is 0.400. The lowest BCUT2D eigenvalue weighted by Gasteiger charge is -2.07. The van der Waals surface area contributed by atoms with Crippen molar-refractivity contribution in [2.45, 2.75) is 17.7 Å². The van der Waals surface area contributed by atoms with Crippen LogP contribution in [0.3, 0.4) is 0 Å². The number of rotatable bonds is 6. The highest BCUT2D eigenvalue weighted by molar-refractivity contribution is 9.09. The molecule has 0 heterocycles. The van der Waals surface area contributed by atoms with Crippen LogP contribution in [0.15, 0.2) is 23.1 Å². The third kappa shape index (κ3) is 5.14. The lowest BCUT2D eigenvalue weighted by Crippen LogP contribution is -2.24. The van der Waals surface area contributed by atoms with Crippen molar-refractivity contribution in [3.05, 3.63) is 28.2 Å². The minimum absolute atomic E-state index is 0.0915. The Morgan fingerprint density at radius 1 is 1.12 bits per heavy atom. The van der Waals surface area contributed by atoms with Crippen LogP contribution in [-0.2, 0) is 10.0 Å². The highest BCUT2D eigenvalue weighted by Crippen LogP contribution is 2.22. The van der Waals surface area contributed by atoms with E-state index < -0.39 is 10.0 Å². The van der Waals surface area contributed by atoms with Crippen LogP contribution in [0.2, 0.25) is 10.0 Å². The second-order valence-electron chi connectivity index (χ2n) is 3.40. The summed E-state index contributed by atoms with van der Waals surface area (Å²) in [5.74, 6) is 0. The largest absolute Gasteiger partial charge is 0.240 e. The Hall–Kier alpha value is 0.190. The molecule has 0 atom stereocenters. The van der Waals surface area contributed by atoms with Gasteiger partial charge in [-0.15, -0.1) is 0 Å². The zero-order valence-electron chi connectivity index (χ0n) is 8.92. The smallest absolute Gasteiger partial charge is 0.211 e. The Balaban J connectivity index is 2.75. The molecular weight excluding hydrogens is 349 g/mol. The van der Waals surface area contributed by atoms with E-state index in [9.17, 15) is 8.42 Å². The maximum absolute atomic E-state index is 11.9. The van der Waals surface area contributed by atoms with Crippen LogP contribution < -0.4 is 4.72 Å². The first-order valence-corrected chi connectivity index (χ1v) is 8.33. The van der Waals surface area contributed by atoms with Gasteiger partial charge in [-0.05, 0) is 31.0 Å². The first kappa shape index (κ1) is 15.2. The second-order valence-corrected chi connectivity index (χ2v) is 6.83. The van der Waals surface area contributed by atoms with Gasteiger partial charge in [-0.25, -0.2) is 13.1 Å². The van der Waals surface area contributed by atoms with Crippen LogP contribution >= 0.6 is 39.1 Å². The number of halogens is 3. The molecule has 96 valence electrons. The quantitative estimate of drug-likeness (QED) is 0.623. The van der Waals surface area contributed by atoms with Crippen molar-refractivity contribution in [1.82, 2.24) is 4.72 Å². The molecular formula is C10H12BrCl2NO2S. The molecule has 0 unspecified atom stereocenters. The molecule has 0 aliphatic heterocycles. The van der Waals surface area contributed by atoms with Crippen molar-refractivity contribution in [1.29, 1.82) is 0 Å². The maximum atomic E-state index is 11.9. The zero-order chi connectivity index (χ0) is 12.9. The van der Waals surface area contributed by atoms with Crippen LogP contribution in [0.1, 0.15) is 12.8 Å². The van der Waals surface area contributed by atoms with Crippen molar-refractivity contribution < 1.29 is 8.42 Å². The molecule has 17 heavy (non-hydrogen) atoms. The van der Waals surface area contributed by atoms with Crippen molar-refractivity contribution in [3.63, 3.8) is 0 Å². The minimum atomic E-state index is -3.52. The van der Waals surface area contributed by atoms with Gasteiger partial charge in [-0.2, -0.15) is 0 Å². The van der Waals surface area contributed by atoms with Crippen molar-refractivity contribution in [3.8, 4) is 0 Å². The van der Waals surface area contributed by atoms with Crippen LogP contribution in [0.5, 0.6) is 0 Å².